The Balaban J connectivity index is 1.49. The van der Waals surface area contributed by atoms with E-state index >= 15 is 0 Å². The number of anilines is 1. The number of fused-ring (bicyclic) bond motifs is 1. The molecular formula is C22H20FN3O3. The predicted molar refractivity (Wildman–Crippen MR) is 108 cm³/mol. The lowest BCUT2D eigenvalue weighted by Gasteiger charge is -2.15. The van der Waals surface area contributed by atoms with Crippen molar-refractivity contribution in [1.82, 2.24) is 9.88 Å². The first-order valence-electron chi connectivity index (χ1n) is 9.30. The summed E-state index contributed by atoms with van der Waals surface area (Å²) in [6.07, 6.45) is 1.54. The molecule has 1 saturated heterocycles. The second kappa shape index (κ2) is 7.50. The number of aromatic nitrogens is 1. The van der Waals surface area contributed by atoms with Crippen LogP contribution in [0.25, 0.3) is 10.9 Å². The standard InChI is InChI=1S/C22H20FN3O3/c1-13-10-16(29-19-8-9-26(2)22(19)28)6-7-18(13)25-21(27)15-11-14-4-3-5-17(23)20(14)24-12-15/h3-7,10-12,19H,8-9H2,1-2H3,(H,25,27). The van der Waals surface area contributed by atoms with Crippen molar-refractivity contribution in [1.29, 1.82) is 0 Å². The predicted octanol–water partition coefficient (Wildman–Crippen LogP) is 3.54. The Labute approximate surface area is 167 Å². The summed E-state index contributed by atoms with van der Waals surface area (Å²) in [6.45, 7) is 2.53. The van der Waals surface area contributed by atoms with E-state index in [2.05, 4.69) is 10.3 Å². The van der Waals surface area contributed by atoms with Gasteiger partial charge in [-0.3, -0.25) is 14.6 Å². The van der Waals surface area contributed by atoms with Gasteiger partial charge in [-0.15, -0.1) is 0 Å². The summed E-state index contributed by atoms with van der Waals surface area (Å²) in [6, 6.07) is 11.5. The molecule has 0 aliphatic carbocycles. The average Bonchev–Trinajstić information content (AvgIpc) is 3.02. The van der Waals surface area contributed by atoms with Crippen LogP contribution < -0.4 is 10.1 Å². The molecular weight excluding hydrogens is 373 g/mol. The van der Waals surface area contributed by atoms with Crippen LogP contribution in [0.5, 0.6) is 5.75 Å². The number of nitrogens with one attached hydrogen (secondary N) is 1. The van der Waals surface area contributed by atoms with Gasteiger partial charge in [0.15, 0.2) is 6.10 Å². The van der Waals surface area contributed by atoms with Crippen LogP contribution in [0.4, 0.5) is 10.1 Å². The highest BCUT2D eigenvalue weighted by molar-refractivity contribution is 6.06. The zero-order valence-corrected chi connectivity index (χ0v) is 16.1. The van der Waals surface area contributed by atoms with Gasteiger partial charge in [0.05, 0.1) is 5.56 Å². The van der Waals surface area contributed by atoms with Crippen molar-refractivity contribution >= 4 is 28.4 Å². The molecule has 2 aromatic carbocycles. The molecule has 4 rings (SSSR count). The molecule has 7 heteroatoms. The fourth-order valence-corrected chi connectivity index (χ4v) is 3.36. The van der Waals surface area contributed by atoms with Crippen molar-refractivity contribution < 1.29 is 18.7 Å². The van der Waals surface area contributed by atoms with Crippen molar-refractivity contribution in [2.75, 3.05) is 18.9 Å². The molecule has 2 heterocycles. The minimum absolute atomic E-state index is 0.0275. The second-order valence-corrected chi connectivity index (χ2v) is 7.12. The molecule has 0 radical (unpaired) electrons. The molecule has 1 N–H and O–H groups in total. The van der Waals surface area contributed by atoms with Crippen LogP contribution in [0.2, 0.25) is 0 Å². The largest absolute Gasteiger partial charge is 0.481 e. The number of hydrogen-bond donors (Lipinski definition) is 1. The number of halogens is 1. The van der Waals surface area contributed by atoms with Gasteiger partial charge in [-0.1, -0.05) is 12.1 Å². The molecule has 1 unspecified atom stereocenters. The van der Waals surface area contributed by atoms with Gasteiger partial charge in [0.2, 0.25) is 0 Å². The van der Waals surface area contributed by atoms with Gasteiger partial charge < -0.3 is 15.0 Å². The van der Waals surface area contributed by atoms with Gasteiger partial charge in [0, 0.05) is 37.3 Å². The first-order chi connectivity index (χ1) is 13.9. The number of amides is 2. The topological polar surface area (TPSA) is 71.5 Å². The van der Waals surface area contributed by atoms with E-state index in [1.54, 1.807) is 48.3 Å². The van der Waals surface area contributed by atoms with E-state index in [4.69, 9.17) is 4.74 Å². The molecule has 0 saturated carbocycles. The van der Waals surface area contributed by atoms with Crippen LogP contribution in [0.3, 0.4) is 0 Å². The summed E-state index contributed by atoms with van der Waals surface area (Å²) in [4.78, 5) is 30.3. The van der Waals surface area contributed by atoms with Crippen LogP contribution in [0.1, 0.15) is 22.3 Å². The molecule has 1 atom stereocenters. The van der Waals surface area contributed by atoms with E-state index in [-0.39, 0.29) is 17.3 Å². The van der Waals surface area contributed by atoms with E-state index in [0.717, 1.165) is 5.56 Å². The molecule has 1 aromatic heterocycles. The number of rotatable bonds is 4. The molecule has 6 nitrogen and oxygen atoms in total. The van der Waals surface area contributed by atoms with Gasteiger partial charge in [-0.25, -0.2) is 4.39 Å². The number of pyridine rings is 1. The number of carbonyl (C=O) groups excluding carboxylic acids is 2. The summed E-state index contributed by atoms with van der Waals surface area (Å²) < 4.78 is 19.5. The van der Waals surface area contributed by atoms with Gasteiger partial charge in [0.1, 0.15) is 17.1 Å². The van der Waals surface area contributed by atoms with Gasteiger partial charge in [0.25, 0.3) is 11.8 Å². The Morgan fingerprint density at radius 3 is 2.83 bits per heavy atom. The Morgan fingerprint density at radius 1 is 1.28 bits per heavy atom. The lowest BCUT2D eigenvalue weighted by molar-refractivity contribution is -0.132. The molecule has 3 aromatic rings. The van der Waals surface area contributed by atoms with E-state index < -0.39 is 11.9 Å². The number of nitrogens with zero attached hydrogens (tertiary/aromatic N) is 2. The summed E-state index contributed by atoms with van der Waals surface area (Å²) in [7, 11) is 1.76. The fraction of sp³-hybridized carbons (Fsp3) is 0.227. The maximum atomic E-state index is 13.7. The van der Waals surface area contributed by atoms with E-state index in [0.29, 0.717) is 35.4 Å². The number of likely N-dealkylation sites (N-methyl/N-ethyl adjacent to an activating group) is 1. The second-order valence-electron chi connectivity index (χ2n) is 7.12. The highest BCUT2D eigenvalue weighted by Gasteiger charge is 2.30. The van der Waals surface area contributed by atoms with Gasteiger partial charge >= 0.3 is 0 Å². The van der Waals surface area contributed by atoms with Crippen LogP contribution >= 0.6 is 0 Å². The quantitative estimate of drug-likeness (QED) is 0.736. The number of para-hydroxylation sites is 1. The third kappa shape index (κ3) is 3.76. The smallest absolute Gasteiger partial charge is 0.263 e. The summed E-state index contributed by atoms with van der Waals surface area (Å²) in [5, 5.41) is 3.40. The number of likely N-dealkylation sites (tertiary alicyclic amines) is 1. The fourth-order valence-electron chi connectivity index (χ4n) is 3.36. The van der Waals surface area contributed by atoms with E-state index in [9.17, 15) is 14.0 Å². The number of carbonyl (C=O) groups is 2. The van der Waals surface area contributed by atoms with Crippen molar-refractivity contribution in [2.45, 2.75) is 19.4 Å². The molecule has 2 amide bonds. The monoisotopic (exact) mass is 393 g/mol. The molecule has 1 aliphatic rings. The Hall–Kier alpha value is -3.48. The molecule has 0 bridgehead atoms. The maximum absolute atomic E-state index is 13.7. The third-order valence-electron chi connectivity index (χ3n) is 5.03. The van der Waals surface area contributed by atoms with E-state index in [1.807, 2.05) is 6.92 Å². The molecule has 1 aliphatic heterocycles. The third-order valence-corrected chi connectivity index (χ3v) is 5.03. The maximum Gasteiger partial charge on any atom is 0.263 e. The Bertz CT molecular complexity index is 1120. The van der Waals surface area contributed by atoms with E-state index in [1.165, 1.54) is 12.3 Å². The zero-order valence-electron chi connectivity index (χ0n) is 16.1. The van der Waals surface area contributed by atoms with Crippen LogP contribution in [-0.4, -0.2) is 41.4 Å². The molecule has 148 valence electrons. The molecule has 29 heavy (non-hydrogen) atoms. The summed E-state index contributed by atoms with van der Waals surface area (Å²) in [5.74, 6) is -0.210. The Morgan fingerprint density at radius 2 is 2.10 bits per heavy atom. The molecule has 0 spiro atoms. The summed E-state index contributed by atoms with van der Waals surface area (Å²) >= 11 is 0. The van der Waals surface area contributed by atoms with Gasteiger partial charge in [-0.05, 0) is 42.8 Å². The zero-order chi connectivity index (χ0) is 20.5. The normalized spacial score (nSPS) is 16.3. The summed E-state index contributed by atoms with van der Waals surface area (Å²) in [5.41, 5.74) is 1.99. The van der Waals surface area contributed by atoms with Gasteiger partial charge in [-0.2, -0.15) is 0 Å². The molecule has 1 fully saturated rings. The highest BCUT2D eigenvalue weighted by Crippen LogP contribution is 2.25. The van der Waals surface area contributed by atoms with Crippen molar-refractivity contribution in [3.8, 4) is 5.75 Å². The van der Waals surface area contributed by atoms with Crippen molar-refractivity contribution in [2.24, 2.45) is 0 Å². The van der Waals surface area contributed by atoms with Crippen molar-refractivity contribution in [3.05, 3.63) is 65.6 Å². The first-order valence-corrected chi connectivity index (χ1v) is 9.30. The minimum Gasteiger partial charge on any atom is -0.481 e. The van der Waals surface area contributed by atoms with Crippen LogP contribution in [0.15, 0.2) is 48.7 Å². The lowest BCUT2D eigenvalue weighted by atomic mass is 10.1. The van der Waals surface area contributed by atoms with Crippen molar-refractivity contribution in [3.63, 3.8) is 0 Å². The number of hydrogen-bond acceptors (Lipinski definition) is 4. The number of aryl methyl sites for hydroxylation is 1. The number of benzene rings is 2. The number of ether oxygens (including phenoxy) is 1. The lowest BCUT2D eigenvalue weighted by Crippen LogP contribution is -2.29. The highest BCUT2D eigenvalue weighted by atomic mass is 19.1. The first kappa shape index (κ1) is 18.9. The SMILES string of the molecule is Cc1cc(OC2CCN(C)C2=O)ccc1NC(=O)c1cnc2c(F)cccc2c1. The average molecular weight is 393 g/mol. The van der Waals surface area contributed by atoms with Crippen LogP contribution in [-0.2, 0) is 4.79 Å². The van der Waals surface area contributed by atoms with Crippen LogP contribution in [0, 0.1) is 12.7 Å². The minimum atomic E-state index is -0.469. The Kier molecular flexibility index (Phi) is 4.88.